The maximum absolute atomic E-state index is 11.8. The Balaban J connectivity index is 2.46. The molecule has 0 unspecified atom stereocenters. The lowest BCUT2D eigenvalue weighted by Gasteiger charge is -2.13. The molecule has 0 spiro atoms. The molecule has 2 amide bonds. The second-order valence-electron chi connectivity index (χ2n) is 5.00. The maximum atomic E-state index is 11.8. The zero-order valence-corrected chi connectivity index (χ0v) is 12.8. The van der Waals surface area contributed by atoms with Crippen molar-refractivity contribution in [2.24, 2.45) is 5.10 Å². The minimum atomic E-state index is -0.742. The van der Waals surface area contributed by atoms with Crippen molar-refractivity contribution in [3.8, 4) is 0 Å². The first-order valence-corrected chi connectivity index (χ1v) is 7.23. The summed E-state index contributed by atoms with van der Waals surface area (Å²) in [4.78, 5) is 23.4. The van der Waals surface area contributed by atoms with Gasteiger partial charge >= 0.3 is 11.8 Å². The molecule has 0 heterocycles. The number of nitrogens with one attached hydrogen (secondary N) is 2. The molecule has 0 radical (unpaired) electrons. The molecule has 0 aliphatic heterocycles. The van der Waals surface area contributed by atoms with E-state index >= 15 is 0 Å². The zero-order chi connectivity index (χ0) is 15.7. The van der Waals surface area contributed by atoms with Gasteiger partial charge in [-0.25, -0.2) is 5.43 Å². The van der Waals surface area contributed by atoms with Crippen LogP contribution in [0.15, 0.2) is 35.4 Å². The molecule has 1 atom stereocenters. The summed E-state index contributed by atoms with van der Waals surface area (Å²) in [5.74, 6) is -1.42. The average molecular weight is 289 g/mol. The minimum absolute atomic E-state index is 0.227. The Hall–Kier alpha value is -2.17. The predicted octanol–water partition coefficient (Wildman–Crippen LogP) is 2.55. The van der Waals surface area contributed by atoms with Crippen LogP contribution in [0.3, 0.4) is 0 Å². The fourth-order valence-electron chi connectivity index (χ4n) is 1.77. The van der Waals surface area contributed by atoms with E-state index in [0.29, 0.717) is 0 Å². The molecular weight excluding hydrogens is 266 g/mol. The lowest BCUT2D eigenvalue weighted by atomic mass is 10.1. The van der Waals surface area contributed by atoms with Gasteiger partial charge in [0.15, 0.2) is 0 Å². The smallest absolute Gasteiger partial charge is 0.329 e. The molecule has 1 aromatic carbocycles. The number of benzene rings is 1. The van der Waals surface area contributed by atoms with Gasteiger partial charge in [0.25, 0.3) is 0 Å². The molecular formula is C16H23N3O2. The molecule has 21 heavy (non-hydrogen) atoms. The van der Waals surface area contributed by atoms with Crippen LogP contribution in [-0.2, 0) is 9.59 Å². The predicted molar refractivity (Wildman–Crippen MR) is 83.8 cm³/mol. The number of hydrogen-bond donors (Lipinski definition) is 2. The quantitative estimate of drug-likeness (QED) is 0.480. The van der Waals surface area contributed by atoms with Gasteiger partial charge in [-0.15, -0.1) is 0 Å². The first-order valence-electron chi connectivity index (χ1n) is 7.23. The highest BCUT2D eigenvalue weighted by atomic mass is 16.2. The molecule has 5 nitrogen and oxygen atoms in total. The van der Waals surface area contributed by atoms with Crippen molar-refractivity contribution in [2.75, 3.05) is 0 Å². The highest BCUT2D eigenvalue weighted by Crippen LogP contribution is 2.10. The van der Waals surface area contributed by atoms with Crippen molar-refractivity contribution in [3.63, 3.8) is 0 Å². The Kier molecular flexibility index (Phi) is 7.15. The van der Waals surface area contributed by atoms with E-state index in [-0.39, 0.29) is 6.04 Å². The van der Waals surface area contributed by atoms with Gasteiger partial charge in [-0.2, -0.15) is 5.10 Å². The van der Waals surface area contributed by atoms with Crippen LogP contribution in [0.5, 0.6) is 0 Å². The van der Waals surface area contributed by atoms with Gasteiger partial charge in [-0.3, -0.25) is 9.59 Å². The standard InChI is InChI=1S/C16H23N3O2/c1-4-5-9-12(2)18-19-16(21)15(20)17-13(3)14-10-7-6-8-11-14/h6-8,10-11,13H,4-5,9H2,1-3H3,(H,17,20)(H,19,21)/b18-12+/t13-/m1/s1. The summed E-state index contributed by atoms with van der Waals surface area (Å²) in [5, 5.41) is 6.56. The van der Waals surface area contributed by atoms with Crippen LogP contribution in [0.1, 0.15) is 51.6 Å². The highest BCUT2D eigenvalue weighted by molar-refractivity contribution is 6.35. The SMILES string of the molecule is CCCC/C(C)=N/NC(=O)C(=O)N[C@H](C)c1ccccc1. The van der Waals surface area contributed by atoms with Crippen LogP contribution >= 0.6 is 0 Å². The summed E-state index contributed by atoms with van der Waals surface area (Å²) in [5.41, 5.74) is 4.04. The van der Waals surface area contributed by atoms with Gasteiger partial charge in [0.1, 0.15) is 0 Å². The first kappa shape index (κ1) is 16.9. The van der Waals surface area contributed by atoms with Crippen molar-refractivity contribution in [2.45, 2.75) is 46.1 Å². The maximum Gasteiger partial charge on any atom is 0.329 e. The molecule has 1 rings (SSSR count). The molecule has 2 N–H and O–H groups in total. The molecule has 0 aliphatic carbocycles. The largest absolute Gasteiger partial charge is 0.341 e. The van der Waals surface area contributed by atoms with E-state index in [1.54, 1.807) is 0 Å². The number of hydrogen-bond acceptors (Lipinski definition) is 3. The fourth-order valence-corrected chi connectivity index (χ4v) is 1.77. The number of hydrazone groups is 1. The number of carbonyl (C=O) groups is 2. The Morgan fingerprint density at radius 3 is 2.48 bits per heavy atom. The van der Waals surface area contributed by atoms with Crippen molar-refractivity contribution in [1.29, 1.82) is 0 Å². The lowest BCUT2D eigenvalue weighted by molar-refractivity contribution is -0.139. The van der Waals surface area contributed by atoms with Crippen molar-refractivity contribution >= 4 is 17.5 Å². The molecule has 0 bridgehead atoms. The van der Waals surface area contributed by atoms with Crippen LogP contribution < -0.4 is 10.7 Å². The summed E-state index contributed by atoms with van der Waals surface area (Å²) in [7, 11) is 0. The number of nitrogens with zero attached hydrogens (tertiary/aromatic N) is 1. The highest BCUT2D eigenvalue weighted by Gasteiger charge is 2.16. The molecule has 1 aromatic rings. The minimum Gasteiger partial charge on any atom is -0.341 e. The Labute approximate surface area is 125 Å². The second-order valence-corrected chi connectivity index (χ2v) is 5.00. The van der Waals surface area contributed by atoms with Crippen molar-refractivity contribution in [3.05, 3.63) is 35.9 Å². The fraction of sp³-hybridized carbons (Fsp3) is 0.438. The van der Waals surface area contributed by atoms with Crippen LogP contribution in [0, 0.1) is 0 Å². The number of rotatable bonds is 6. The monoisotopic (exact) mass is 289 g/mol. The van der Waals surface area contributed by atoms with Gasteiger partial charge in [0.2, 0.25) is 0 Å². The number of unbranched alkanes of at least 4 members (excludes halogenated alkanes) is 1. The Morgan fingerprint density at radius 1 is 1.19 bits per heavy atom. The van der Waals surface area contributed by atoms with Gasteiger partial charge in [-0.1, -0.05) is 43.7 Å². The third kappa shape index (κ3) is 6.21. The van der Waals surface area contributed by atoms with Crippen molar-refractivity contribution in [1.82, 2.24) is 10.7 Å². The molecule has 0 aromatic heterocycles. The van der Waals surface area contributed by atoms with Crippen molar-refractivity contribution < 1.29 is 9.59 Å². The third-order valence-corrected chi connectivity index (χ3v) is 3.09. The molecule has 0 saturated carbocycles. The van der Waals surface area contributed by atoms with Gasteiger partial charge in [-0.05, 0) is 32.3 Å². The average Bonchev–Trinajstić information content (AvgIpc) is 2.51. The molecule has 0 fully saturated rings. The zero-order valence-electron chi connectivity index (χ0n) is 12.8. The van der Waals surface area contributed by atoms with E-state index in [0.717, 1.165) is 30.5 Å². The number of carbonyl (C=O) groups excluding carboxylic acids is 2. The van der Waals surface area contributed by atoms with Gasteiger partial charge in [0.05, 0.1) is 6.04 Å². The topological polar surface area (TPSA) is 70.6 Å². The van der Waals surface area contributed by atoms with E-state index in [1.807, 2.05) is 44.2 Å². The van der Waals surface area contributed by atoms with Crippen LogP contribution in [0.2, 0.25) is 0 Å². The summed E-state index contributed by atoms with van der Waals surface area (Å²) >= 11 is 0. The van der Waals surface area contributed by atoms with Crippen LogP contribution in [0.25, 0.3) is 0 Å². The molecule has 0 saturated heterocycles. The van der Waals surface area contributed by atoms with E-state index in [9.17, 15) is 9.59 Å². The van der Waals surface area contributed by atoms with Crippen LogP contribution in [-0.4, -0.2) is 17.5 Å². The lowest BCUT2D eigenvalue weighted by Crippen LogP contribution is -2.39. The van der Waals surface area contributed by atoms with Gasteiger partial charge < -0.3 is 5.32 Å². The van der Waals surface area contributed by atoms with E-state index in [4.69, 9.17) is 0 Å². The molecule has 0 aliphatic rings. The molecule has 114 valence electrons. The van der Waals surface area contributed by atoms with E-state index < -0.39 is 11.8 Å². The van der Waals surface area contributed by atoms with E-state index in [2.05, 4.69) is 22.8 Å². The summed E-state index contributed by atoms with van der Waals surface area (Å²) in [6.45, 7) is 5.75. The van der Waals surface area contributed by atoms with Crippen LogP contribution in [0.4, 0.5) is 0 Å². The number of amides is 2. The second kappa shape index (κ2) is 8.89. The summed E-state index contributed by atoms with van der Waals surface area (Å²) < 4.78 is 0. The van der Waals surface area contributed by atoms with Gasteiger partial charge in [0, 0.05) is 5.71 Å². The summed E-state index contributed by atoms with van der Waals surface area (Å²) in [6, 6.07) is 9.25. The Morgan fingerprint density at radius 2 is 1.86 bits per heavy atom. The Bertz CT molecular complexity index is 498. The third-order valence-electron chi connectivity index (χ3n) is 3.09. The molecule has 5 heteroatoms. The van der Waals surface area contributed by atoms with E-state index in [1.165, 1.54) is 0 Å². The normalized spacial score (nSPS) is 12.6. The summed E-state index contributed by atoms with van der Waals surface area (Å²) in [6.07, 6.45) is 2.90. The first-order chi connectivity index (χ1) is 10.0.